The maximum Gasteiger partial charge on any atom is 0.239 e. The van der Waals surface area contributed by atoms with Gasteiger partial charge in [0.1, 0.15) is 0 Å². The fourth-order valence-corrected chi connectivity index (χ4v) is 5.17. The van der Waals surface area contributed by atoms with E-state index in [1.54, 1.807) is 13.2 Å². The number of pyridine rings is 1. The molecular formula is C24H23ClN4O2. The van der Waals surface area contributed by atoms with Crippen molar-refractivity contribution in [2.24, 2.45) is 0 Å². The summed E-state index contributed by atoms with van der Waals surface area (Å²) in [4.78, 5) is 34.4. The Morgan fingerprint density at radius 1 is 1.23 bits per heavy atom. The molecule has 2 aliphatic rings. The van der Waals surface area contributed by atoms with E-state index in [-0.39, 0.29) is 18.4 Å². The zero-order valence-electron chi connectivity index (χ0n) is 17.3. The van der Waals surface area contributed by atoms with Crippen LogP contribution in [0.1, 0.15) is 17.5 Å². The van der Waals surface area contributed by atoms with Gasteiger partial charge >= 0.3 is 0 Å². The lowest BCUT2D eigenvalue weighted by atomic mass is 9.73. The van der Waals surface area contributed by atoms with E-state index in [1.807, 2.05) is 53.6 Å². The number of aromatic nitrogens is 1. The normalized spacial score (nSPS) is 21.0. The summed E-state index contributed by atoms with van der Waals surface area (Å²) in [6.07, 6.45) is 4.24. The van der Waals surface area contributed by atoms with Crippen LogP contribution in [0.2, 0.25) is 5.02 Å². The molecule has 6 nitrogen and oxygen atoms in total. The third-order valence-electron chi connectivity index (χ3n) is 6.48. The zero-order valence-corrected chi connectivity index (χ0v) is 18.0. The van der Waals surface area contributed by atoms with E-state index in [0.717, 1.165) is 27.6 Å². The van der Waals surface area contributed by atoms with Gasteiger partial charge in [0.25, 0.3) is 0 Å². The number of carbonyl (C=O) groups is 2. The summed E-state index contributed by atoms with van der Waals surface area (Å²) >= 11 is 6.35. The zero-order chi connectivity index (χ0) is 21.6. The van der Waals surface area contributed by atoms with Crippen molar-refractivity contribution in [1.82, 2.24) is 15.2 Å². The topological polar surface area (TPSA) is 65.5 Å². The van der Waals surface area contributed by atoms with E-state index in [1.165, 1.54) is 0 Å². The number of fused-ring (bicyclic) bond motifs is 3. The van der Waals surface area contributed by atoms with Gasteiger partial charge in [0.15, 0.2) is 0 Å². The molecule has 0 unspecified atom stereocenters. The molecule has 1 atom stereocenters. The molecular weight excluding hydrogens is 412 g/mol. The van der Waals surface area contributed by atoms with Crippen LogP contribution in [-0.2, 0) is 21.5 Å². The van der Waals surface area contributed by atoms with Crippen molar-refractivity contribution in [2.75, 3.05) is 31.6 Å². The van der Waals surface area contributed by atoms with Gasteiger partial charge in [-0.2, -0.15) is 0 Å². The van der Waals surface area contributed by atoms with Crippen LogP contribution in [0.15, 0.2) is 54.9 Å². The Balaban J connectivity index is 1.59. The number of benzene rings is 2. The van der Waals surface area contributed by atoms with Crippen LogP contribution in [0.5, 0.6) is 0 Å². The molecule has 2 aromatic carbocycles. The Morgan fingerprint density at radius 3 is 2.90 bits per heavy atom. The smallest absolute Gasteiger partial charge is 0.239 e. The average molecular weight is 435 g/mol. The molecule has 31 heavy (non-hydrogen) atoms. The van der Waals surface area contributed by atoms with Gasteiger partial charge in [-0.1, -0.05) is 41.9 Å². The minimum atomic E-state index is -0.733. The summed E-state index contributed by atoms with van der Waals surface area (Å²) in [6.45, 7) is 1.95. The van der Waals surface area contributed by atoms with E-state index in [9.17, 15) is 9.59 Å². The van der Waals surface area contributed by atoms with E-state index in [0.29, 0.717) is 31.1 Å². The monoisotopic (exact) mass is 434 g/mol. The largest absolute Gasteiger partial charge is 0.358 e. The highest BCUT2D eigenvalue weighted by Crippen LogP contribution is 2.45. The molecule has 1 aromatic heterocycles. The van der Waals surface area contributed by atoms with E-state index < -0.39 is 5.41 Å². The van der Waals surface area contributed by atoms with Gasteiger partial charge < -0.3 is 10.2 Å². The van der Waals surface area contributed by atoms with E-state index >= 15 is 0 Å². The van der Waals surface area contributed by atoms with Gasteiger partial charge in [0, 0.05) is 48.7 Å². The van der Waals surface area contributed by atoms with Crippen molar-refractivity contribution in [3.05, 3.63) is 71.0 Å². The predicted molar refractivity (Wildman–Crippen MR) is 121 cm³/mol. The quantitative estimate of drug-likeness (QED) is 0.687. The number of rotatable bonds is 3. The number of halogens is 1. The SMILES string of the molecule is CNC(=O)CN1Cc2ccc(Cl)cc2[C@@]2(CCN(c3cncc4ccccc34)C2=O)C1. The molecule has 1 spiro atoms. The second-order valence-corrected chi connectivity index (χ2v) is 8.72. The molecule has 2 aliphatic heterocycles. The molecule has 0 saturated carbocycles. The number of carbonyl (C=O) groups excluding carboxylic acids is 2. The minimum Gasteiger partial charge on any atom is -0.358 e. The fraction of sp³-hybridized carbons (Fsp3) is 0.292. The van der Waals surface area contributed by atoms with E-state index in [2.05, 4.69) is 15.2 Å². The highest BCUT2D eigenvalue weighted by Gasteiger charge is 2.52. The van der Waals surface area contributed by atoms with Crippen LogP contribution in [0.3, 0.4) is 0 Å². The Bertz CT molecular complexity index is 1190. The van der Waals surface area contributed by atoms with Crippen LogP contribution in [0, 0.1) is 0 Å². The standard InChI is InChI=1S/C24H23ClN4O2/c1-26-22(30)14-28-13-17-6-7-18(25)10-20(17)24(15-28)8-9-29(23(24)31)21-12-27-11-16-4-2-3-5-19(16)21/h2-7,10-12H,8-9,13-15H2,1H3,(H,26,30)/t24-/m1/s1. The van der Waals surface area contributed by atoms with Gasteiger partial charge in [-0.15, -0.1) is 0 Å². The molecule has 7 heteroatoms. The van der Waals surface area contributed by atoms with Crippen LogP contribution < -0.4 is 10.2 Å². The Morgan fingerprint density at radius 2 is 2.06 bits per heavy atom. The molecule has 1 N–H and O–H groups in total. The van der Waals surface area contributed by atoms with Crippen molar-refractivity contribution in [2.45, 2.75) is 18.4 Å². The summed E-state index contributed by atoms with van der Waals surface area (Å²) in [5.41, 5.74) is 2.12. The molecule has 0 aliphatic carbocycles. The number of nitrogens with one attached hydrogen (secondary N) is 1. The molecule has 1 saturated heterocycles. The Hall–Kier alpha value is -2.96. The maximum absolute atomic E-state index is 14.0. The molecule has 3 aromatic rings. The number of hydrogen-bond donors (Lipinski definition) is 1. The highest BCUT2D eigenvalue weighted by atomic mass is 35.5. The van der Waals surface area contributed by atoms with Crippen LogP contribution in [0.4, 0.5) is 5.69 Å². The Labute approximate surface area is 185 Å². The van der Waals surface area contributed by atoms with Gasteiger partial charge in [-0.3, -0.25) is 19.5 Å². The summed E-state index contributed by atoms with van der Waals surface area (Å²) in [6, 6.07) is 13.7. The lowest BCUT2D eigenvalue weighted by Gasteiger charge is -2.40. The lowest BCUT2D eigenvalue weighted by molar-refractivity contribution is -0.126. The van der Waals surface area contributed by atoms with Gasteiger partial charge in [0.2, 0.25) is 11.8 Å². The highest BCUT2D eigenvalue weighted by molar-refractivity contribution is 6.30. The summed E-state index contributed by atoms with van der Waals surface area (Å²) < 4.78 is 0. The molecule has 3 heterocycles. The first-order valence-corrected chi connectivity index (χ1v) is 10.8. The lowest BCUT2D eigenvalue weighted by Crippen LogP contribution is -2.52. The van der Waals surface area contributed by atoms with Crippen molar-refractivity contribution in [1.29, 1.82) is 0 Å². The second kappa shape index (κ2) is 7.62. The predicted octanol–water partition coefficient (Wildman–Crippen LogP) is 3.12. The number of hydrogen-bond acceptors (Lipinski definition) is 4. The average Bonchev–Trinajstić information content (AvgIpc) is 3.10. The summed E-state index contributed by atoms with van der Waals surface area (Å²) in [5, 5.41) is 5.31. The number of amides is 2. The second-order valence-electron chi connectivity index (χ2n) is 8.29. The van der Waals surface area contributed by atoms with Crippen LogP contribution in [-0.4, -0.2) is 48.4 Å². The van der Waals surface area contributed by atoms with Crippen molar-refractivity contribution < 1.29 is 9.59 Å². The molecule has 1 fully saturated rings. The van der Waals surface area contributed by atoms with Crippen molar-refractivity contribution >= 4 is 39.9 Å². The van der Waals surface area contributed by atoms with E-state index in [4.69, 9.17) is 11.6 Å². The van der Waals surface area contributed by atoms with Crippen molar-refractivity contribution in [3.63, 3.8) is 0 Å². The van der Waals surface area contributed by atoms with Gasteiger partial charge in [0.05, 0.1) is 23.8 Å². The fourth-order valence-electron chi connectivity index (χ4n) is 5.00. The number of likely N-dealkylation sites (N-methyl/N-ethyl adjacent to an activating group) is 1. The molecule has 158 valence electrons. The summed E-state index contributed by atoms with van der Waals surface area (Å²) in [5.74, 6) is -0.0242. The molecule has 0 radical (unpaired) electrons. The molecule has 0 bridgehead atoms. The maximum atomic E-state index is 14.0. The van der Waals surface area contributed by atoms with Crippen molar-refractivity contribution in [3.8, 4) is 0 Å². The Kier molecular flexibility index (Phi) is 4.91. The molecule has 5 rings (SSSR count). The third-order valence-corrected chi connectivity index (χ3v) is 6.71. The third kappa shape index (κ3) is 3.27. The first-order chi connectivity index (χ1) is 15.0. The minimum absolute atomic E-state index is 0.0378. The van der Waals surface area contributed by atoms with Crippen LogP contribution >= 0.6 is 11.6 Å². The number of anilines is 1. The first kappa shape index (κ1) is 20.0. The number of nitrogens with zero attached hydrogens (tertiary/aromatic N) is 3. The van der Waals surface area contributed by atoms with Gasteiger partial charge in [-0.25, -0.2) is 0 Å². The van der Waals surface area contributed by atoms with Crippen LogP contribution in [0.25, 0.3) is 10.8 Å². The van der Waals surface area contributed by atoms with Gasteiger partial charge in [-0.05, 0) is 29.7 Å². The first-order valence-electron chi connectivity index (χ1n) is 10.4. The summed E-state index contributed by atoms with van der Waals surface area (Å²) in [7, 11) is 1.63. The molecule has 2 amide bonds.